The molecule has 1 saturated heterocycles. The van der Waals surface area contributed by atoms with Crippen molar-refractivity contribution in [1.82, 2.24) is 4.90 Å². The van der Waals surface area contributed by atoms with Crippen molar-refractivity contribution in [2.24, 2.45) is 0 Å². The largest absolute Gasteiger partial charge is 0.438 e. The third kappa shape index (κ3) is 1.34. The first kappa shape index (κ1) is 10.7. The monoisotopic (exact) mass is 213 g/mol. The molecule has 1 aliphatic heterocycles. The van der Waals surface area contributed by atoms with E-state index in [1.165, 1.54) is 11.3 Å². The molecule has 2 fully saturated rings. The van der Waals surface area contributed by atoms with Gasteiger partial charge < -0.3 is 9.84 Å². The molecule has 0 aromatic rings. The molecular weight excluding hydrogens is 194 g/mol. The van der Waals surface area contributed by atoms with Crippen LogP contribution in [-0.4, -0.2) is 34.0 Å². The van der Waals surface area contributed by atoms with Gasteiger partial charge in [-0.15, -0.1) is 0 Å². The third-order valence-electron chi connectivity index (χ3n) is 3.87. The summed E-state index contributed by atoms with van der Waals surface area (Å²) < 4.78 is 5.45. The van der Waals surface area contributed by atoms with Gasteiger partial charge in [-0.25, -0.2) is 4.79 Å². The Morgan fingerprint density at radius 3 is 2.47 bits per heavy atom. The normalized spacial score (nSPS) is 34.6. The summed E-state index contributed by atoms with van der Waals surface area (Å²) in [6, 6.07) is 0. The van der Waals surface area contributed by atoms with Crippen molar-refractivity contribution in [2.45, 2.75) is 57.3 Å². The van der Waals surface area contributed by atoms with Gasteiger partial charge in [0.2, 0.25) is 0 Å². The van der Waals surface area contributed by atoms with E-state index in [4.69, 9.17) is 4.74 Å². The number of likely N-dealkylation sites (N-methyl/N-ethyl adjacent to an activating group) is 1. The molecule has 86 valence electrons. The summed E-state index contributed by atoms with van der Waals surface area (Å²) in [5.74, 6) is 0. The minimum Gasteiger partial charge on any atom is -0.438 e. The van der Waals surface area contributed by atoms with E-state index in [0.29, 0.717) is 6.54 Å². The van der Waals surface area contributed by atoms with Crippen molar-refractivity contribution in [3.05, 3.63) is 0 Å². The molecule has 1 amide bonds. The summed E-state index contributed by atoms with van der Waals surface area (Å²) in [5.41, 5.74) is -1.79. The number of amides is 1. The molecule has 1 aliphatic carbocycles. The maximum absolute atomic E-state index is 11.6. The van der Waals surface area contributed by atoms with Gasteiger partial charge in [0.05, 0.1) is 0 Å². The summed E-state index contributed by atoms with van der Waals surface area (Å²) in [6.07, 6.45) is 4.41. The quantitative estimate of drug-likeness (QED) is 0.723. The molecule has 15 heavy (non-hydrogen) atoms. The van der Waals surface area contributed by atoms with Crippen LogP contribution in [0.1, 0.15) is 46.0 Å². The van der Waals surface area contributed by atoms with E-state index in [-0.39, 0.29) is 6.09 Å². The standard InChI is InChI=1S/C11H19NO3/c1-3-12-9(13)15-11(10(12,2)14)7-5-4-6-8-11/h14H,3-8H2,1-2H3/t10-/m0/s1. The maximum Gasteiger partial charge on any atom is 0.412 e. The predicted octanol–water partition coefficient (Wildman–Crippen LogP) is 1.87. The van der Waals surface area contributed by atoms with Gasteiger partial charge in [0.25, 0.3) is 0 Å². The smallest absolute Gasteiger partial charge is 0.412 e. The van der Waals surface area contributed by atoms with Gasteiger partial charge >= 0.3 is 6.09 Å². The second-order valence-corrected chi connectivity index (χ2v) is 4.69. The first-order chi connectivity index (χ1) is 7.03. The molecule has 0 aromatic heterocycles. The molecule has 0 bridgehead atoms. The molecule has 0 radical (unpaired) electrons. The zero-order chi connectivity index (χ0) is 11.1. The lowest BCUT2D eigenvalue weighted by atomic mass is 9.77. The first-order valence-corrected chi connectivity index (χ1v) is 5.76. The van der Waals surface area contributed by atoms with Crippen LogP contribution in [0.15, 0.2) is 0 Å². The van der Waals surface area contributed by atoms with Crippen molar-refractivity contribution in [3.63, 3.8) is 0 Å². The Labute approximate surface area is 90.2 Å². The third-order valence-corrected chi connectivity index (χ3v) is 3.87. The number of ether oxygens (including phenoxy) is 1. The lowest BCUT2D eigenvalue weighted by molar-refractivity contribution is -0.157. The highest BCUT2D eigenvalue weighted by atomic mass is 16.6. The van der Waals surface area contributed by atoms with Crippen LogP contribution in [-0.2, 0) is 4.74 Å². The highest BCUT2D eigenvalue weighted by molar-refractivity contribution is 5.72. The van der Waals surface area contributed by atoms with Gasteiger partial charge in [0.1, 0.15) is 0 Å². The van der Waals surface area contributed by atoms with Crippen molar-refractivity contribution in [1.29, 1.82) is 0 Å². The van der Waals surface area contributed by atoms with Crippen LogP contribution in [0.25, 0.3) is 0 Å². The predicted molar refractivity (Wildman–Crippen MR) is 55.3 cm³/mol. The van der Waals surface area contributed by atoms with Gasteiger partial charge in [-0.3, -0.25) is 4.90 Å². The van der Waals surface area contributed by atoms with Gasteiger partial charge in [-0.2, -0.15) is 0 Å². The average Bonchev–Trinajstić information content (AvgIpc) is 2.35. The summed E-state index contributed by atoms with van der Waals surface area (Å²) >= 11 is 0. The van der Waals surface area contributed by atoms with Crippen LogP contribution in [0.4, 0.5) is 4.79 Å². The molecule has 4 nitrogen and oxygen atoms in total. The number of carbonyl (C=O) groups is 1. The van der Waals surface area contributed by atoms with E-state index >= 15 is 0 Å². The fourth-order valence-corrected chi connectivity index (χ4v) is 2.88. The fourth-order valence-electron chi connectivity index (χ4n) is 2.88. The zero-order valence-electron chi connectivity index (χ0n) is 9.45. The molecule has 4 heteroatoms. The zero-order valence-corrected chi connectivity index (χ0v) is 9.45. The second-order valence-electron chi connectivity index (χ2n) is 4.69. The number of rotatable bonds is 1. The summed E-state index contributed by atoms with van der Waals surface area (Å²) in [4.78, 5) is 13.1. The number of hydrogen-bond donors (Lipinski definition) is 1. The lowest BCUT2D eigenvalue weighted by Crippen LogP contribution is -2.57. The van der Waals surface area contributed by atoms with Crippen LogP contribution in [0.3, 0.4) is 0 Å². The molecular formula is C11H19NO3. The van der Waals surface area contributed by atoms with Crippen molar-refractivity contribution < 1.29 is 14.6 Å². The van der Waals surface area contributed by atoms with Crippen LogP contribution >= 0.6 is 0 Å². The van der Waals surface area contributed by atoms with Gasteiger partial charge in [0, 0.05) is 6.54 Å². The molecule has 1 spiro atoms. The second kappa shape index (κ2) is 3.37. The summed E-state index contributed by atoms with van der Waals surface area (Å²) in [7, 11) is 0. The maximum atomic E-state index is 11.6. The molecule has 0 unspecified atom stereocenters. The number of carbonyl (C=O) groups excluding carboxylic acids is 1. The Hall–Kier alpha value is -0.770. The number of nitrogens with zero attached hydrogens (tertiary/aromatic N) is 1. The van der Waals surface area contributed by atoms with Crippen molar-refractivity contribution >= 4 is 6.09 Å². The van der Waals surface area contributed by atoms with E-state index in [9.17, 15) is 9.90 Å². The first-order valence-electron chi connectivity index (χ1n) is 5.76. The Kier molecular flexibility index (Phi) is 2.41. The SMILES string of the molecule is CCN1C(=O)OC2(CCCCC2)[C@]1(C)O. The highest BCUT2D eigenvalue weighted by Gasteiger charge is 2.61. The van der Waals surface area contributed by atoms with Crippen molar-refractivity contribution in [2.75, 3.05) is 6.54 Å². The molecule has 2 rings (SSSR count). The number of hydrogen-bond acceptors (Lipinski definition) is 3. The Morgan fingerprint density at radius 2 is 2.00 bits per heavy atom. The van der Waals surface area contributed by atoms with Gasteiger partial charge in [-0.05, 0) is 39.5 Å². The van der Waals surface area contributed by atoms with E-state index < -0.39 is 11.3 Å². The average molecular weight is 213 g/mol. The van der Waals surface area contributed by atoms with E-state index in [0.717, 1.165) is 25.7 Å². The van der Waals surface area contributed by atoms with E-state index in [1.807, 2.05) is 6.92 Å². The van der Waals surface area contributed by atoms with Crippen LogP contribution in [0.2, 0.25) is 0 Å². The molecule has 1 saturated carbocycles. The topological polar surface area (TPSA) is 49.8 Å². The Balaban J connectivity index is 2.30. The Morgan fingerprint density at radius 1 is 1.40 bits per heavy atom. The van der Waals surface area contributed by atoms with Crippen LogP contribution in [0, 0.1) is 0 Å². The molecule has 2 aliphatic rings. The molecule has 1 N–H and O–H groups in total. The molecule has 1 heterocycles. The molecule has 0 aromatic carbocycles. The fraction of sp³-hybridized carbons (Fsp3) is 0.909. The summed E-state index contributed by atoms with van der Waals surface area (Å²) in [5, 5.41) is 10.5. The minimum absolute atomic E-state index is 0.371. The molecule has 1 atom stereocenters. The Bertz CT molecular complexity index is 269. The highest BCUT2D eigenvalue weighted by Crippen LogP contribution is 2.46. The van der Waals surface area contributed by atoms with Gasteiger partial charge in [-0.1, -0.05) is 6.42 Å². The summed E-state index contributed by atoms with van der Waals surface area (Å²) in [6.45, 7) is 4.05. The van der Waals surface area contributed by atoms with Crippen molar-refractivity contribution in [3.8, 4) is 0 Å². The number of aliphatic hydroxyl groups is 1. The lowest BCUT2D eigenvalue weighted by Gasteiger charge is -2.41. The van der Waals surface area contributed by atoms with E-state index in [2.05, 4.69) is 0 Å². The minimum atomic E-state index is -1.14. The van der Waals surface area contributed by atoms with Crippen LogP contribution < -0.4 is 0 Å². The van der Waals surface area contributed by atoms with Gasteiger partial charge in [0.15, 0.2) is 11.3 Å². The van der Waals surface area contributed by atoms with E-state index in [1.54, 1.807) is 6.92 Å². The van der Waals surface area contributed by atoms with Crippen LogP contribution in [0.5, 0.6) is 0 Å².